The van der Waals surface area contributed by atoms with Gasteiger partial charge < -0.3 is 10.2 Å². The molecule has 0 aliphatic heterocycles. The van der Waals surface area contributed by atoms with Gasteiger partial charge in [-0.1, -0.05) is 0 Å². The summed E-state index contributed by atoms with van der Waals surface area (Å²) < 4.78 is 26.8. The Morgan fingerprint density at radius 3 is 2.71 bits per heavy atom. The predicted octanol–water partition coefficient (Wildman–Crippen LogP) is 1.33. The molecule has 2 rings (SSSR count). The first-order chi connectivity index (χ1) is 9.81. The number of carboxylic acids is 1. The van der Waals surface area contributed by atoms with E-state index >= 15 is 0 Å². The van der Waals surface area contributed by atoms with Crippen molar-refractivity contribution in [3.63, 3.8) is 0 Å². The van der Waals surface area contributed by atoms with Crippen LogP contribution in [0, 0.1) is 6.92 Å². The van der Waals surface area contributed by atoms with Gasteiger partial charge >= 0.3 is 5.97 Å². The van der Waals surface area contributed by atoms with Gasteiger partial charge in [0.05, 0.1) is 10.4 Å². The van der Waals surface area contributed by atoms with E-state index in [1.165, 1.54) is 18.3 Å². The second-order valence-corrected chi connectivity index (χ2v) is 6.94. The Labute approximate surface area is 125 Å². The van der Waals surface area contributed by atoms with Crippen LogP contribution in [0.3, 0.4) is 0 Å². The molecule has 0 saturated carbocycles. The molecule has 0 aliphatic carbocycles. The lowest BCUT2D eigenvalue weighted by molar-refractivity contribution is 0.0693. The Balaban J connectivity index is 2.35. The number of carbonyl (C=O) groups is 1. The van der Waals surface area contributed by atoms with Crippen LogP contribution in [0.15, 0.2) is 28.7 Å². The van der Waals surface area contributed by atoms with Crippen molar-refractivity contribution in [1.82, 2.24) is 9.71 Å². The summed E-state index contributed by atoms with van der Waals surface area (Å²) in [4.78, 5) is 15.4. The molecule has 9 heteroatoms. The molecule has 0 bridgehead atoms. The fraction of sp³-hybridized carbons (Fsp3) is 0.167. The minimum Gasteiger partial charge on any atom is -0.507 e. The molecule has 0 aliphatic rings. The smallest absolute Gasteiger partial charge is 0.339 e. The molecular weight excluding hydrogens is 316 g/mol. The van der Waals surface area contributed by atoms with Gasteiger partial charge in [0.2, 0.25) is 10.0 Å². The lowest BCUT2D eigenvalue weighted by Crippen LogP contribution is -2.24. The molecular formula is C12H12N2O5S2. The zero-order chi connectivity index (χ0) is 15.6. The number of thiazole rings is 1. The molecule has 1 aromatic heterocycles. The standard InChI is InChI=1S/C12H12N2O5S2/c1-7-2-10(15)9(12(16)17)3-11(7)21(18,19)14-5-8-4-13-6-20-8/h2-4,6,14-15H,5H2,1H3,(H,16,17). The Hall–Kier alpha value is -1.97. The van der Waals surface area contributed by atoms with E-state index in [9.17, 15) is 18.3 Å². The molecule has 0 saturated heterocycles. The van der Waals surface area contributed by atoms with Crippen molar-refractivity contribution in [3.05, 3.63) is 39.8 Å². The van der Waals surface area contributed by atoms with Crippen molar-refractivity contribution in [2.24, 2.45) is 0 Å². The molecule has 112 valence electrons. The fourth-order valence-electron chi connectivity index (χ4n) is 1.71. The van der Waals surface area contributed by atoms with Gasteiger partial charge in [-0.15, -0.1) is 11.3 Å². The highest BCUT2D eigenvalue weighted by Crippen LogP contribution is 2.25. The number of aromatic hydroxyl groups is 1. The number of aromatic nitrogens is 1. The first-order valence-corrected chi connectivity index (χ1v) is 8.11. The Morgan fingerprint density at radius 1 is 1.43 bits per heavy atom. The Bertz CT molecular complexity index is 769. The number of hydrogen-bond donors (Lipinski definition) is 3. The largest absolute Gasteiger partial charge is 0.507 e. The topological polar surface area (TPSA) is 117 Å². The molecule has 7 nitrogen and oxygen atoms in total. The minimum atomic E-state index is -3.89. The summed E-state index contributed by atoms with van der Waals surface area (Å²) in [6.07, 6.45) is 1.54. The Kier molecular flexibility index (Phi) is 4.26. The highest BCUT2D eigenvalue weighted by molar-refractivity contribution is 7.89. The van der Waals surface area contributed by atoms with Crippen molar-refractivity contribution in [2.45, 2.75) is 18.4 Å². The van der Waals surface area contributed by atoms with Crippen LogP contribution in [0.5, 0.6) is 5.75 Å². The summed E-state index contributed by atoms with van der Waals surface area (Å²) in [7, 11) is -3.89. The van der Waals surface area contributed by atoms with Crippen LogP contribution in [0.25, 0.3) is 0 Å². The highest BCUT2D eigenvalue weighted by Gasteiger charge is 2.21. The van der Waals surface area contributed by atoms with Gasteiger partial charge in [-0.25, -0.2) is 17.9 Å². The van der Waals surface area contributed by atoms with Crippen molar-refractivity contribution in [1.29, 1.82) is 0 Å². The van der Waals surface area contributed by atoms with Crippen molar-refractivity contribution < 1.29 is 23.4 Å². The average molecular weight is 328 g/mol. The van der Waals surface area contributed by atoms with Gasteiger partial charge in [0.25, 0.3) is 0 Å². The monoisotopic (exact) mass is 328 g/mol. The highest BCUT2D eigenvalue weighted by atomic mass is 32.2. The molecule has 0 radical (unpaired) electrons. The summed E-state index contributed by atoms with van der Waals surface area (Å²) in [5.41, 5.74) is 1.38. The van der Waals surface area contributed by atoms with E-state index in [0.29, 0.717) is 0 Å². The third-order valence-electron chi connectivity index (χ3n) is 2.73. The molecule has 1 aromatic carbocycles. The van der Waals surface area contributed by atoms with Crippen LogP contribution < -0.4 is 4.72 Å². The van der Waals surface area contributed by atoms with Crippen LogP contribution in [-0.2, 0) is 16.6 Å². The van der Waals surface area contributed by atoms with Crippen molar-refractivity contribution in [2.75, 3.05) is 0 Å². The Morgan fingerprint density at radius 2 is 2.14 bits per heavy atom. The average Bonchev–Trinajstić information content (AvgIpc) is 2.88. The van der Waals surface area contributed by atoms with Crippen molar-refractivity contribution in [3.8, 4) is 5.75 Å². The van der Waals surface area contributed by atoms with Gasteiger partial charge in [-0.3, -0.25) is 4.98 Å². The molecule has 0 spiro atoms. The number of rotatable bonds is 5. The summed E-state index contributed by atoms with van der Waals surface area (Å²) >= 11 is 1.30. The lowest BCUT2D eigenvalue weighted by atomic mass is 10.1. The van der Waals surface area contributed by atoms with E-state index in [2.05, 4.69) is 9.71 Å². The molecule has 0 unspecified atom stereocenters. The molecule has 21 heavy (non-hydrogen) atoms. The van der Waals surface area contributed by atoms with Gasteiger partial charge in [-0.05, 0) is 24.6 Å². The number of hydrogen-bond acceptors (Lipinski definition) is 6. The maximum atomic E-state index is 12.2. The summed E-state index contributed by atoms with van der Waals surface area (Å²) in [6, 6.07) is 2.06. The van der Waals surface area contributed by atoms with E-state index < -0.39 is 27.3 Å². The van der Waals surface area contributed by atoms with E-state index in [0.717, 1.165) is 17.0 Å². The van der Waals surface area contributed by atoms with Gasteiger partial charge in [0.15, 0.2) is 0 Å². The van der Waals surface area contributed by atoms with Crippen LogP contribution in [0.2, 0.25) is 0 Å². The number of nitrogens with one attached hydrogen (secondary N) is 1. The quantitative estimate of drug-likeness (QED) is 0.762. The summed E-state index contributed by atoms with van der Waals surface area (Å²) in [5, 5.41) is 18.5. The minimum absolute atomic E-state index is 0.0652. The molecule has 0 amide bonds. The summed E-state index contributed by atoms with van der Waals surface area (Å²) in [5.74, 6) is -1.87. The van der Waals surface area contributed by atoms with Gasteiger partial charge in [-0.2, -0.15) is 0 Å². The maximum absolute atomic E-state index is 12.2. The summed E-state index contributed by atoms with van der Waals surface area (Å²) in [6.45, 7) is 1.54. The van der Waals surface area contributed by atoms with Gasteiger partial charge in [0.1, 0.15) is 11.3 Å². The third kappa shape index (κ3) is 3.38. The van der Waals surface area contributed by atoms with E-state index in [-0.39, 0.29) is 17.0 Å². The molecule has 0 atom stereocenters. The lowest BCUT2D eigenvalue weighted by Gasteiger charge is -2.10. The molecule has 0 fully saturated rings. The normalized spacial score (nSPS) is 11.5. The zero-order valence-electron chi connectivity index (χ0n) is 10.9. The van der Waals surface area contributed by atoms with Gasteiger partial charge in [0, 0.05) is 17.6 Å². The van der Waals surface area contributed by atoms with Crippen LogP contribution in [0.1, 0.15) is 20.8 Å². The predicted molar refractivity (Wildman–Crippen MR) is 75.9 cm³/mol. The fourth-order valence-corrected chi connectivity index (χ4v) is 3.59. The number of aromatic carboxylic acids is 1. The third-order valence-corrected chi connectivity index (χ3v) is 5.06. The number of carboxylic acid groups (broad SMARTS) is 1. The second kappa shape index (κ2) is 5.80. The number of aryl methyl sites for hydroxylation is 1. The van der Waals surface area contributed by atoms with Crippen LogP contribution >= 0.6 is 11.3 Å². The SMILES string of the molecule is Cc1cc(O)c(C(=O)O)cc1S(=O)(=O)NCc1cncs1. The zero-order valence-corrected chi connectivity index (χ0v) is 12.5. The van der Waals surface area contributed by atoms with E-state index in [1.807, 2.05) is 0 Å². The second-order valence-electron chi connectivity index (χ2n) is 4.23. The number of phenols is 1. The van der Waals surface area contributed by atoms with Crippen LogP contribution in [0.4, 0.5) is 0 Å². The maximum Gasteiger partial charge on any atom is 0.339 e. The first kappa shape index (κ1) is 15.4. The molecule has 2 aromatic rings. The number of benzene rings is 1. The van der Waals surface area contributed by atoms with E-state index in [1.54, 1.807) is 11.7 Å². The number of sulfonamides is 1. The van der Waals surface area contributed by atoms with E-state index in [4.69, 9.17) is 5.11 Å². The first-order valence-electron chi connectivity index (χ1n) is 5.75. The van der Waals surface area contributed by atoms with Crippen LogP contribution in [-0.4, -0.2) is 29.6 Å². The molecule has 1 heterocycles. The molecule has 3 N–H and O–H groups in total. The van der Waals surface area contributed by atoms with Crippen molar-refractivity contribution >= 4 is 27.3 Å². The number of nitrogens with zero attached hydrogens (tertiary/aromatic N) is 1.